The first-order chi connectivity index (χ1) is 21.1. The van der Waals surface area contributed by atoms with Crippen molar-refractivity contribution < 1.29 is 14.3 Å². The lowest BCUT2D eigenvalue weighted by atomic mass is 9.96. The zero-order valence-electron chi connectivity index (χ0n) is 24.2. The fourth-order valence-corrected chi connectivity index (χ4v) is 5.81. The molecule has 1 fully saturated rings. The Hall–Kier alpha value is -4.59. The number of carbonyl (C=O) groups excluding carboxylic acids is 1. The summed E-state index contributed by atoms with van der Waals surface area (Å²) in [7, 11) is 3.22. The predicted molar refractivity (Wildman–Crippen MR) is 169 cm³/mol. The lowest BCUT2D eigenvalue weighted by molar-refractivity contribution is 0.0588. The number of rotatable bonds is 8. The van der Waals surface area contributed by atoms with Gasteiger partial charge in [-0.05, 0) is 53.6 Å². The number of aromatic nitrogens is 2. The number of hydrogen-bond donors (Lipinski definition) is 0. The molecule has 0 atom stereocenters. The molecule has 218 valence electrons. The van der Waals surface area contributed by atoms with Gasteiger partial charge in [-0.15, -0.1) is 0 Å². The van der Waals surface area contributed by atoms with E-state index >= 15 is 0 Å². The normalized spacial score (nSPS) is 13.7. The molecule has 1 aliphatic heterocycles. The fourth-order valence-electron chi connectivity index (χ4n) is 5.68. The highest BCUT2D eigenvalue weighted by Gasteiger charge is 2.30. The maximum absolute atomic E-state index is 14.1. The van der Waals surface area contributed by atoms with E-state index < -0.39 is 0 Å². The van der Waals surface area contributed by atoms with Crippen molar-refractivity contribution in [3.05, 3.63) is 131 Å². The zero-order valence-corrected chi connectivity index (χ0v) is 24.9. The van der Waals surface area contributed by atoms with Gasteiger partial charge in [-0.25, -0.2) is 4.68 Å². The summed E-state index contributed by atoms with van der Waals surface area (Å²) in [6, 6.07) is 36.0. The van der Waals surface area contributed by atoms with Crippen LogP contribution in [0, 0.1) is 0 Å². The molecule has 0 radical (unpaired) electrons. The number of amides is 1. The fraction of sp³-hybridized carbons (Fsp3) is 0.200. The second kappa shape index (κ2) is 12.7. The standard InChI is InChI=1S/C35H33ClN4O3/c1-42-29-17-18-30(33(23-29)43-2)31-24-32(40(37-31)28-15-13-27(36)14-16-28)35(41)39-21-19-38(20-22-39)34(25-9-5-3-6-10-25)26-11-7-4-8-12-26/h3-18,23-24,34H,19-22H2,1-2H3. The SMILES string of the molecule is COc1ccc(-c2cc(C(=O)N3CCN(C(c4ccccc4)c4ccccc4)CC3)n(-c3ccc(Cl)cc3)n2)c(OC)c1. The van der Waals surface area contributed by atoms with Crippen LogP contribution in [-0.2, 0) is 0 Å². The Balaban J connectivity index is 1.30. The minimum absolute atomic E-state index is 0.0724. The summed E-state index contributed by atoms with van der Waals surface area (Å²) >= 11 is 6.18. The highest BCUT2D eigenvalue weighted by molar-refractivity contribution is 6.30. The van der Waals surface area contributed by atoms with Crippen molar-refractivity contribution in [3.63, 3.8) is 0 Å². The van der Waals surface area contributed by atoms with Crippen LogP contribution in [0.15, 0.2) is 109 Å². The Morgan fingerprint density at radius 2 is 1.40 bits per heavy atom. The maximum Gasteiger partial charge on any atom is 0.272 e. The predicted octanol–water partition coefficient (Wildman–Crippen LogP) is 6.76. The monoisotopic (exact) mass is 592 g/mol. The van der Waals surface area contributed by atoms with E-state index in [1.54, 1.807) is 31.0 Å². The summed E-state index contributed by atoms with van der Waals surface area (Å²) in [6.45, 7) is 2.69. The summed E-state index contributed by atoms with van der Waals surface area (Å²) in [5, 5.41) is 5.49. The van der Waals surface area contributed by atoms with Crippen molar-refractivity contribution >= 4 is 17.5 Å². The smallest absolute Gasteiger partial charge is 0.272 e. The Kier molecular flexibility index (Phi) is 8.45. The van der Waals surface area contributed by atoms with E-state index in [0.29, 0.717) is 41.0 Å². The molecule has 7 nitrogen and oxygen atoms in total. The number of benzene rings is 4. The first kappa shape index (κ1) is 28.5. The second-order valence-corrected chi connectivity index (χ2v) is 10.9. The molecule has 1 aromatic heterocycles. The van der Waals surface area contributed by atoms with Crippen molar-refractivity contribution in [2.24, 2.45) is 0 Å². The number of nitrogens with zero attached hydrogens (tertiary/aromatic N) is 4. The highest BCUT2D eigenvalue weighted by Crippen LogP contribution is 2.34. The highest BCUT2D eigenvalue weighted by atomic mass is 35.5. The molecule has 0 N–H and O–H groups in total. The van der Waals surface area contributed by atoms with Gasteiger partial charge < -0.3 is 14.4 Å². The number of methoxy groups -OCH3 is 2. The maximum atomic E-state index is 14.1. The molecule has 2 heterocycles. The molecular formula is C35H33ClN4O3. The number of hydrogen-bond acceptors (Lipinski definition) is 5. The van der Waals surface area contributed by atoms with Crippen LogP contribution in [0.2, 0.25) is 5.02 Å². The van der Waals surface area contributed by atoms with Gasteiger partial charge in [-0.1, -0.05) is 72.3 Å². The van der Waals surface area contributed by atoms with E-state index in [1.807, 2.05) is 53.4 Å². The Morgan fingerprint density at radius 3 is 1.98 bits per heavy atom. The van der Waals surface area contributed by atoms with E-state index in [-0.39, 0.29) is 11.9 Å². The topological polar surface area (TPSA) is 59.8 Å². The summed E-state index contributed by atoms with van der Waals surface area (Å²) in [5.41, 5.74) is 5.11. The van der Waals surface area contributed by atoms with E-state index in [9.17, 15) is 4.79 Å². The molecule has 0 bridgehead atoms. The van der Waals surface area contributed by atoms with Gasteiger partial charge in [-0.3, -0.25) is 9.69 Å². The molecule has 0 spiro atoms. The third-order valence-electron chi connectivity index (χ3n) is 7.88. The Bertz CT molecular complexity index is 1640. The molecule has 0 saturated carbocycles. The van der Waals surface area contributed by atoms with Gasteiger partial charge in [0.2, 0.25) is 0 Å². The van der Waals surface area contributed by atoms with Gasteiger partial charge >= 0.3 is 0 Å². The van der Waals surface area contributed by atoms with Gasteiger partial charge in [0, 0.05) is 42.8 Å². The summed E-state index contributed by atoms with van der Waals surface area (Å²) < 4.78 is 12.7. The van der Waals surface area contributed by atoms with Crippen molar-refractivity contribution in [3.8, 4) is 28.4 Å². The number of halogens is 1. The van der Waals surface area contributed by atoms with Gasteiger partial charge in [0.15, 0.2) is 0 Å². The molecule has 6 rings (SSSR count). The van der Waals surface area contributed by atoms with Crippen LogP contribution < -0.4 is 9.47 Å². The minimum Gasteiger partial charge on any atom is -0.497 e. The van der Waals surface area contributed by atoms with E-state index in [2.05, 4.69) is 53.4 Å². The molecule has 1 saturated heterocycles. The number of ether oxygens (including phenoxy) is 2. The first-order valence-corrected chi connectivity index (χ1v) is 14.6. The van der Waals surface area contributed by atoms with E-state index in [0.717, 1.165) is 24.3 Å². The molecule has 8 heteroatoms. The van der Waals surface area contributed by atoms with Crippen molar-refractivity contribution in [2.75, 3.05) is 40.4 Å². The third kappa shape index (κ3) is 6.00. The zero-order chi connectivity index (χ0) is 29.8. The van der Waals surface area contributed by atoms with Crippen LogP contribution >= 0.6 is 11.6 Å². The van der Waals surface area contributed by atoms with Crippen LogP contribution in [0.1, 0.15) is 27.7 Å². The average Bonchev–Trinajstić information content (AvgIpc) is 3.51. The van der Waals surface area contributed by atoms with Gasteiger partial charge in [0.25, 0.3) is 5.91 Å². The quantitative estimate of drug-likeness (QED) is 0.199. The molecule has 1 amide bonds. The molecule has 43 heavy (non-hydrogen) atoms. The molecule has 5 aromatic rings. The minimum atomic E-state index is -0.0724. The second-order valence-electron chi connectivity index (χ2n) is 10.4. The molecular weight excluding hydrogens is 560 g/mol. The Labute approximate surface area is 256 Å². The largest absolute Gasteiger partial charge is 0.497 e. The summed E-state index contributed by atoms with van der Waals surface area (Å²) in [5.74, 6) is 1.22. The lowest BCUT2D eigenvalue weighted by Gasteiger charge is -2.39. The van der Waals surface area contributed by atoms with Crippen LogP contribution in [0.3, 0.4) is 0 Å². The summed E-state index contributed by atoms with van der Waals surface area (Å²) in [4.78, 5) is 18.5. The van der Waals surface area contributed by atoms with E-state index in [4.69, 9.17) is 26.2 Å². The molecule has 0 aliphatic carbocycles. The lowest BCUT2D eigenvalue weighted by Crippen LogP contribution is -2.50. The Morgan fingerprint density at radius 1 is 0.767 bits per heavy atom. The molecule has 4 aromatic carbocycles. The van der Waals surface area contributed by atoms with Gasteiger partial charge in [0.1, 0.15) is 17.2 Å². The number of piperazine rings is 1. The number of carbonyl (C=O) groups is 1. The summed E-state index contributed by atoms with van der Waals surface area (Å²) in [6.07, 6.45) is 0. The first-order valence-electron chi connectivity index (χ1n) is 14.3. The van der Waals surface area contributed by atoms with Crippen molar-refractivity contribution in [1.82, 2.24) is 19.6 Å². The van der Waals surface area contributed by atoms with Crippen LogP contribution in [0.5, 0.6) is 11.5 Å². The van der Waals surface area contributed by atoms with Crippen molar-refractivity contribution in [1.29, 1.82) is 0 Å². The third-order valence-corrected chi connectivity index (χ3v) is 8.13. The van der Waals surface area contributed by atoms with Gasteiger partial charge in [0.05, 0.1) is 31.6 Å². The van der Waals surface area contributed by atoms with Crippen LogP contribution in [0.25, 0.3) is 16.9 Å². The molecule has 1 aliphatic rings. The van der Waals surface area contributed by atoms with Crippen molar-refractivity contribution in [2.45, 2.75) is 6.04 Å². The average molecular weight is 593 g/mol. The molecule has 0 unspecified atom stereocenters. The van der Waals surface area contributed by atoms with Gasteiger partial charge in [-0.2, -0.15) is 5.10 Å². The van der Waals surface area contributed by atoms with E-state index in [1.165, 1.54) is 11.1 Å². The van der Waals surface area contributed by atoms with Crippen LogP contribution in [-0.4, -0.2) is 65.9 Å². The van der Waals surface area contributed by atoms with Crippen LogP contribution in [0.4, 0.5) is 0 Å².